The standard InChI is InChI=1S/C27H46O14/c1-10-19(32)21(34)23(36)26(37-10)41-25-22(35)20(33)18(9-28)40-27(25)39-17-8-14-15(31)6-13(30)7-16(14)38-24(17)11-2-4-12(29)5-3-11/h10-36H,2-9H2,1H3/p+1/t10-,11?,12?,13?,14?,15?,16?,17?,18+,19-,20+,21+,22-,23+,24?,25+,26-,27+/m0/s1. The summed E-state index contributed by atoms with van der Waals surface area (Å²) < 4.78 is 28.8. The second-order valence-electron chi connectivity index (χ2n) is 12.5. The Kier molecular flexibility index (Phi) is 10.3. The molecule has 10 N–H and O–H groups in total. The van der Waals surface area contributed by atoms with E-state index in [1.807, 2.05) is 0 Å². The van der Waals surface area contributed by atoms with Crippen LogP contribution in [0.5, 0.6) is 0 Å². The summed E-state index contributed by atoms with van der Waals surface area (Å²) in [5, 5.41) is 93.5. The highest BCUT2D eigenvalue weighted by molar-refractivity contribution is 4.98. The van der Waals surface area contributed by atoms with Gasteiger partial charge in [0, 0.05) is 18.8 Å². The van der Waals surface area contributed by atoms with Crippen LogP contribution in [-0.2, 0) is 18.9 Å². The summed E-state index contributed by atoms with van der Waals surface area (Å²) in [5.41, 5.74) is 0. The Bertz CT molecular complexity index is 843. The average Bonchev–Trinajstić information content (AvgIpc) is 2.94. The molecule has 41 heavy (non-hydrogen) atoms. The fourth-order valence-electron chi connectivity index (χ4n) is 7.24. The molecule has 3 heterocycles. The summed E-state index contributed by atoms with van der Waals surface area (Å²) in [4.78, 5) is 0. The Morgan fingerprint density at radius 2 is 1.41 bits per heavy atom. The summed E-state index contributed by atoms with van der Waals surface area (Å²) in [6.45, 7) is 0.849. The van der Waals surface area contributed by atoms with Crippen molar-refractivity contribution in [3.63, 3.8) is 0 Å². The van der Waals surface area contributed by atoms with E-state index >= 15 is 0 Å². The normalized spacial score (nSPS) is 54.9. The molecule has 3 aliphatic heterocycles. The van der Waals surface area contributed by atoms with Crippen molar-refractivity contribution in [1.82, 2.24) is 0 Å². The lowest BCUT2D eigenvalue weighted by molar-refractivity contribution is -0.385. The molecule has 16 atom stereocenters. The first-order chi connectivity index (χ1) is 19.5. The zero-order valence-electron chi connectivity index (χ0n) is 23.2. The topological polar surface area (TPSA) is 232 Å². The molecule has 2 aliphatic carbocycles. The van der Waals surface area contributed by atoms with Crippen molar-refractivity contribution in [3.05, 3.63) is 0 Å². The molecular formula is C27H47O14+. The lowest BCUT2D eigenvalue weighted by atomic mass is 9.73. The summed E-state index contributed by atoms with van der Waals surface area (Å²) in [5.74, 6) is -0.240. The van der Waals surface area contributed by atoms with Crippen LogP contribution in [0.25, 0.3) is 0 Å². The van der Waals surface area contributed by atoms with Crippen LogP contribution in [0, 0.1) is 11.8 Å². The van der Waals surface area contributed by atoms with Gasteiger partial charge < -0.3 is 69.6 Å². The highest BCUT2D eigenvalue weighted by atomic mass is 16.8. The zero-order chi connectivity index (χ0) is 29.6. The highest BCUT2D eigenvalue weighted by Gasteiger charge is 2.55. The quantitative estimate of drug-likeness (QED) is 0.135. The number of ether oxygens (including phenoxy) is 5. The van der Waals surface area contributed by atoms with Crippen LogP contribution in [0.3, 0.4) is 0 Å². The third-order valence-corrected chi connectivity index (χ3v) is 9.72. The molecule has 0 spiro atoms. The number of rotatable bonds is 6. The minimum atomic E-state index is -1.68. The number of hydrogen-bond donors (Lipinski definition) is 9. The molecule has 0 aromatic rings. The van der Waals surface area contributed by atoms with Crippen LogP contribution < -0.4 is 0 Å². The van der Waals surface area contributed by atoms with Gasteiger partial charge in [-0.1, -0.05) is 0 Å². The second-order valence-corrected chi connectivity index (χ2v) is 12.5. The van der Waals surface area contributed by atoms with E-state index in [0.29, 0.717) is 38.5 Å². The fourth-order valence-corrected chi connectivity index (χ4v) is 7.24. The van der Waals surface area contributed by atoms with Gasteiger partial charge in [-0.25, -0.2) is 0 Å². The van der Waals surface area contributed by atoms with Gasteiger partial charge in [0.2, 0.25) is 0 Å². The highest BCUT2D eigenvalue weighted by Crippen LogP contribution is 2.42. The van der Waals surface area contributed by atoms with Gasteiger partial charge in [0.15, 0.2) is 24.8 Å². The van der Waals surface area contributed by atoms with E-state index in [-0.39, 0.29) is 36.6 Å². The molecule has 5 rings (SSSR count). The van der Waals surface area contributed by atoms with Gasteiger partial charge in [0.05, 0.1) is 36.9 Å². The first kappa shape index (κ1) is 31.9. The van der Waals surface area contributed by atoms with Crippen LogP contribution >= 0.6 is 0 Å². The number of hydrogen-bond acceptors (Lipinski definition) is 13. The van der Waals surface area contributed by atoms with Crippen LogP contribution in [-0.4, -0.2) is 155 Å². The molecule has 3 saturated heterocycles. The molecule has 2 saturated carbocycles. The maximum Gasteiger partial charge on any atom is 0.187 e. The molecule has 14 nitrogen and oxygen atoms in total. The molecule has 5 aliphatic rings. The van der Waals surface area contributed by atoms with Gasteiger partial charge in [0.1, 0.15) is 48.8 Å². The third kappa shape index (κ3) is 6.61. The van der Waals surface area contributed by atoms with Crippen LogP contribution in [0.4, 0.5) is 0 Å². The zero-order valence-corrected chi connectivity index (χ0v) is 23.2. The third-order valence-electron chi connectivity index (χ3n) is 9.72. The van der Waals surface area contributed by atoms with E-state index in [9.17, 15) is 46.0 Å². The van der Waals surface area contributed by atoms with Gasteiger partial charge in [0.25, 0.3) is 0 Å². The predicted octanol–water partition coefficient (Wildman–Crippen LogP) is -3.62. The number of aliphatic hydroxyl groups excluding tert-OH is 9. The van der Waals surface area contributed by atoms with E-state index in [0.717, 1.165) is 0 Å². The van der Waals surface area contributed by atoms with Crippen molar-refractivity contribution in [2.24, 2.45) is 11.8 Å². The van der Waals surface area contributed by atoms with Crippen molar-refractivity contribution in [2.75, 3.05) is 6.61 Å². The molecule has 0 aromatic heterocycles. The SMILES string of the molecule is C[C@@H]1O[C@@H](O[C@H]2[C@H](OC3CC4C(O)CC(O)CC4[OH+]C3C3CCC(O)CC3)O[C@H](CO)[C@@H](O)[C@@H]2O)[C@H](O)[C@H](O)[C@H]1O. The van der Waals surface area contributed by atoms with E-state index in [1.54, 1.807) is 0 Å². The predicted molar refractivity (Wildman–Crippen MR) is 137 cm³/mol. The van der Waals surface area contributed by atoms with Crippen LogP contribution in [0.2, 0.25) is 0 Å². The summed E-state index contributed by atoms with van der Waals surface area (Å²) >= 11 is 0. The lowest BCUT2D eigenvalue weighted by Gasteiger charge is -2.49. The monoisotopic (exact) mass is 595 g/mol. The van der Waals surface area contributed by atoms with Gasteiger partial charge in [-0.05, 0) is 39.0 Å². The molecule has 5 fully saturated rings. The molecule has 0 bridgehead atoms. The van der Waals surface area contributed by atoms with Gasteiger partial charge >= 0.3 is 0 Å². The Morgan fingerprint density at radius 3 is 2.10 bits per heavy atom. The van der Waals surface area contributed by atoms with Gasteiger partial charge in [-0.2, -0.15) is 0 Å². The Balaban J connectivity index is 1.39. The summed E-state index contributed by atoms with van der Waals surface area (Å²) in [6, 6.07) is 0. The summed E-state index contributed by atoms with van der Waals surface area (Å²) in [6.07, 6.45) is -13.9. The smallest absolute Gasteiger partial charge is 0.187 e. The maximum absolute atomic E-state index is 11.0. The molecule has 238 valence electrons. The van der Waals surface area contributed by atoms with Crippen molar-refractivity contribution >= 4 is 0 Å². The Labute approximate surface area is 238 Å². The van der Waals surface area contributed by atoms with E-state index in [1.165, 1.54) is 6.92 Å². The Hall–Kier alpha value is -0.560. The molecule has 14 heteroatoms. The van der Waals surface area contributed by atoms with Crippen LogP contribution in [0.1, 0.15) is 51.9 Å². The molecule has 0 aromatic carbocycles. The van der Waals surface area contributed by atoms with Gasteiger partial charge in [-0.15, -0.1) is 0 Å². The molecule has 0 radical (unpaired) electrons. The van der Waals surface area contributed by atoms with Crippen LogP contribution in [0.15, 0.2) is 0 Å². The minimum Gasteiger partial charge on any atom is -0.427 e. The van der Waals surface area contributed by atoms with Crippen molar-refractivity contribution in [2.45, 2.75) is 150 Å². The molecular weight excluding hydrogens is 548 g/mol. The molecule has 6 unspecified atom stereocenters. The summed E-state index contributed by atoms with van der Waals surface area (Å²) in [7, 11) is 0. The van der Waals surface area contributed by atoms with Crippen molar-refractivity contribution < 1.29 is 69.6 Å². The maximum atomic E-state index is 11.0. The largest absolute Gasteiger partial charge is 0.427 e. The van der Waals surface area contributed by atoms with Crippen molar-refractivity contribution in [1.29, 1.82) is 0 Å². The Morgan fingerprint density at radius 1 is 0.707 bits per heavy atom. The number of aliphatic hydroxyl groups is 11. The molecule has 0 amide bonds. The van der Waals surface area contributed by atoms with E-state index in [2.05, 4.69) is 0 Å². The van der Waals surface area contributed by atoms with Crippen molar-refractivity contribution in [3.8, 4) is 0 Å². The lowest BCUT2D eigenvalue weighted by Crippen LogP contribution is -2.65. The van der Waals surface area contributed by atoms with Gasteiger partial charge in [-0.3, -0.25) is 0 Å². The van der Waals surface area contributed by atoms with E-state index < -0.39 is 86.3 Å². The average molecular weight is 596 g/mol. The first-order valence-electron chi connectivity index (χ1n) is 14.9. The second kappa shape index (κ2) is 13.2. The van der Waals surface area contributed by atoms with E-state index in [4.69, 9.17) is 23.7 Å². The minimum absolute atomic E-state index is 0.0497. The number of fused-ring (bicyclic) bond motifs is 1. The first-order valence-corrected chi connectivity index (χ1v) is 14.9. The fraction of sp³-hybridized carbons (Fsp3) is 1.00.